The Morgan fingerprint density at radius 3 is 2.83 bits per heavy atom. The third-order valence-electron chi connectivity index (χ3n) is 2.15. The number of nitrogens with zero attached hydrogens (tertiary/aromatic N) is 3. The minimum Gasteiger partial charge on any atom is -0.397 e. The zero-order chi connectivity index (χ0) is 13.3. The number of hydrogen-bond donors (Lipinski definition) is 2. The first-order valence-corrected chi connectivity index (χ1v) is 5.86. The molecule has 0 unspecified atom stereocenters. The summed E-state index contributed by atoms with van der Waals surface area (Å²) in [7, 11) is 1.58. The van der Waals surface area contributed by atoms with E-state index < -0.39 is 11.1 Å². The van der Waals surface area contributed by atoms with E-state index in [1.165, 1.54) is 4.68 Å². The Bertz CT molecular complexity index is 706. The first kappa shape index (κ1) is 12.4. The van der Waals surface area contributed by atoms with Crippen molar-refractivity contribution in [2.45, 2.75) is 17.1 Å². The van der Waals surface area contributed by atoms with Crippen LogP contribution in [0, 0.1) is 6.92 Å². The Kier molecular flexibility index (Phi) is 3.19. The lowest BCUT2D eigenvalue weighted by molar-refractivity contribution is 0.596. The van der Waals surface area contributed by atoms with Crippen LogP contribution in [0.3, 0.4) is 0 Å². The van der Waals surface area contributed by atoms with Gasteiger partial charge in [0.15, 0.2) is 5.16 Å². The SMILES string of the molecule is Cc1cnc(Sc2nc(=O)c(=O)[nH]n2C)c(N)c1. The van der Waals surface area contributed by atoms with Crippen LogP contribution in [0.25, 0.3) is 0 Å². The standard InChI is InChI=1S/C10H11N5O2S/c1-5-3-6(11)9(12-4-5)18-10-13-7(16)8(17)14-15(10)2/h3-4H,11H2,1-2H3,(H,14,17). The fourth-order valence-corrected chi connectivity index (χ4v) is 2.07. The minimum atomic E-state index is -0.832. The number of rotatable bonds is 2. The molecule has 0 amide bonds. The Balaban J connectivity index is 2.43. The van der Waals surface area contributed by atoms with E-state index in [1.54, 1.807) is 19.3 Å². The molecule has 0 aliphatic heterocycles. The number of aromatic amines is 1. The summed E-state index contributed by atoms with van der Waals surface area (Å²) in [6.45, 7) is 1.88. The van der Waals surface area contributed by atoms with Gasteiger partial charge < -0.3 is 5.73 Å². The molecule has 2 aromatic rings. The fraction of sp³-hybridized carbons (Fsp3) is 0.200. The lowest BCUT2D eigenvalue weighted by Crippen LogP contribution is -2.33. The van der Waals surface area contributed by atoms with E-state index in [0.29, 0.717) is 15.9 Å². The van der Waals surface area contributed by atoms with Crippen molar-refractivity contribution in [3.63, 3.8) is 0 Å². The van der Waals surface area contributed by atoms with Crippen molar-refractivity contribution in [3.05, 3.63) is 38.5 Å². The summed E-state index contributed by atoms with van der Waals surface area (Å²) < 4.78 is 1.36. The summed E-state index contributed by atoms with van der Waals surface area (Å²) in [4.78, 5) is 30.1. The van der Waals surface area contributed by atoms with Crippen molar-refractivity contribution in [1.82, 2.24) is 19.7 Å². The third-order valence-corrected chi connectivity index (χ3v) is 3.23. The number of anilines is 1. The highest BCUT2D eigenvalue weighted by molar-refractivity contribution is 7.99. The Morgan fingerprint density at radius 2 is 2.17 bits per heavy atom. The molecule has 0 spiro atoms. The van der Waals surface area contributed by atoms with Gasteiger partial charge in [0.05, 0.1) is 5.69 Å². The number of nitrogens with one attached hydrogen (secondary N) is 1. The maximum atomic E-state index is 11.2. The van der Waals surface area contributed by atoms with Gasteiger partial charge in [0.2, 0.25) is 0 Å². The van der Waals surface area contributed by atoms with Gasteiger partial charge in [-0.3, -0.25) is 19.4 Å². The van der Waals surface area contributed by atoms with Gasteiger partial charge >= 0.3 is 11.1 Å². The lowest BCUT2D eigenvalue weighted by Gasteiger charge is -2.07. The van der Waals surface area contributed by atoms with Gasteiger partial charge in [0.25, 0.3) is 0 Å². The van der Waals surface area contributed by atoms with Gasteiger partial charge in [-0.2, -0.15) is 4.98 Å². The number of nitrogens with two attached hydrogens (primary N) is 1. The summed E-state index contributed by atoms with van der Waals surface area (Å²) in [5.74, 6) is 0. The first-order chi connectivity index (χ1) is 8.47. The minimum absolute atomic E-state index is 0.322. The number of aromatic nitrogens is 4. The van der Waals surface area contributed by atoms with E-state index in [1.807, 2.05) is 6.92 Å². The molecule has 3 N–H and O–H groups in total. The predicted octanol–water partition coefficient (Wildman–Crippen LogP) is -0.0946. The van der Waals surface area contributed by atoms with Crippen LogP contribution in [0.1, 0.15) is 5.56 Å². The summed E-state index contributed by atoms with van der Waals surface area (Å²) in [5.41, 5.74) is 5.67. The number of aryl methyl sites for hydroxylation is 2. The maximum absolute atomic E-state index is 11.2. The molecule has 2 rings (SSSR count). The van der Waals surface area contributed by atoms with Gasteiger partial charge in [-0.15, -0.1) is 0 Å². The molecule has 8 heteroatoms. The highest BCUT2D eigenvalue weighted by atomic mass is 32.2. The topological polar surface area (TPSA) is 107 Å². The highest BCUT2D eigenvalue weighted by Gasteiger charge is 2.09. The zero-order valence-corrected chi connectivity index (χ0v) is 10.6. The molecule has 0 aromatic carbocycles. The average Bonchev–Trinajstić information content (AvgIpc) is 2.29. The van der Waals surface area contributed by atoms with Gasteiger partial charge in [0, 0.05) is 13.2 Å². The molecule has 7 nitrogen and oxygen atoms in total. The van der Waals surface area contributed by atoms with Crippen LogP contribution >= 0.6 is 11.8 Å². The molecule has 2 heterocycles. The quantitative estimate of drug-likeness (QED) is 0.735. The van der Waals surface area contributed by atoms with Crippen molar-refractivity contribution in [2.24, 2.45) is 7.05 Å². The number of hydrogen-bond acceptors (Lipinski definition) is 6. The monoisotopic (exact) mass is 265 g/mol. The lowest BCUT2D eigenvalue weighted by atomic mass is 10.3. The predicted molar refractivity (Wildman–Crippen MR) is 67.6 cm³/mol. The maximum Gasteiger partial charge on any atom is 0.339 e. The second kappa shape index (κ2) is 4.65. The molecular formula is C10H11N5O2S. The highest BCUT2D eigenvalue weighted by Crippen LogP contribution is 2.27. The van der Waals surface area contributed by atoms with Crippen LogP contribution < -0.4 is 16.9 Å². The van der Waals surface area contributed by atoms with Crippen molar-refractivity contribution in [2.75, 3.05) is 5.73 Å². The molecule has 0 aliphatic carbocycles. The average molecular weight is 265 g/mol. The van der Waals surface area contributed by atoms with Gasteiger partial charge in [-0.25, -0.2) is 4.98 Å². The molecule has 94 valence electrons. The third kappa shape index (κ3) is 2.43. The summed E-state index contributed by atoms with van der Waals surface area (Å²) in [6, 6.07) is 1.78. The van der Waals surface area contributed by atoms with Gasteiger partial charge in [0.1, 0.15) is 5.03 Å². The van der Waals surface area contributed by atoms with E-state index >= 15 is 0 Å². The van der Waals surface area contributed by atoms with Crippen molar-refractivity contribution < 1.29 is 0 Å². The van der Waals surface area contributed by atoms with Crippen molar-refractivity contribution in [3.8, 4) is 0 Å². The Labute approximate surface area is 106 Å². The molecule has 2 aromatic heterocycles. The van der Waals surface area contributed by atoms with Crippen molar-refractivity contribution >= 4 is 17.4 Å². The van der Waals surface area contributed by atoms with Crippen LogP contribution in [-0.2, 0) is 7.05 Å². The van der Waals surface area contributed by atoms with Crippen LogP contribution in [0.4, 0.5) is 5.69 Å². The van der Waals surface area contributed by atoms with E-state index in [2.05, 4.69) is 15.1 Å². The molecule has 0 atom stereocenters. The molecule has 0 saturated carbocycles. The summed E-state index contributed by atoms with van der Waals surface area (Å²) in [6.07, 6.45) is 1.67. The zero-order valence-electron chi connectivity index (χ0n) is 9.80. The number of pyridine rings is 1. The molecule has 0 bridgehead atoms. The van der Waals surface area contributed by atoms with E-state index in [0.717, 1.165) is 17.3 Å². The fourth-order valence-electron chi connectivity index (χ4n) is 1.30. The molecule has 0 radical (unpaired) electrons. The number of H-pyrrole nitrogens is 1. The largest absolute Gasteiger partial charge is 0.397 e. The van der Waals surface area contributed by atoms with E-state index in [-0.39, 0.29) is 0 Å². The first-order valence-electron chi connectivity index (χ1n) is 5.04. The Hall–Kier alpha value is -2.09. The molecule has 18 heavy (non-hydrogen) atoms. The second-order valence-corrected chi connectivity index (χ2v) is 4.66. The van der Waals surface area contributed by atoms with Crippen LogP contribution in [-0.4, -0.2) is 19.7 Å². The van der Waals surface area contributed by atoms with E-state index in [4.69, 9.17) is 5.73 Å². The summed E-state index contributed by atoms with van der Waals surface area (Å²) >= 11 is 1.12. The van der Waals surface area contributed by atoms with Crippen LogP contribution in [0.15, 0.2) is 32.0 Å². The van der Waals surface area contributed by atoms with E-state index in [9.17, 15) is 9.59 Å². The van der Waals surface area contributed by atoms with Crippen molar-refractivity contribution in [1.29, 1.82) is 0 Å². The molecule has 0 fully saturated rings. The number of nitrogen functional groups attached to an aromatic ring is 1. The van der Waals surface area contributed by atoms with Gasteiger partial charge in [-0.1, -0.05) is 0 Å². The van der Waals surface area contributed by atoms with Crippen LogP contribution in [0.2, 0.25) is 0 Å². The molecule has 0 saturated heterocycles. The molecule has 0 aliphatic rings. The normalized spacial score (nSPS) is 10.6. The molecular weight excluding hydrogens is 254 g/mol. The smallest absolute Gasteiger partial charge is 0.339 e. The second-order valence-electron chi connectivity index (χ2n) is 3.71. The van der Waals surface area contributed by atoms with Gasteiger partial charge in [-0.05, 0) is 30.3 Å². The summed E-state index contributed by atoms with van der Waals surface area (Å²) in [5, 5.41) is 3.21. The van der Waals surface area contributed by atoms with Crippen LogP contribution in [0.5, 0.6) is 0 Å². The Morgan fingerprint density at radius 1 is 1.44 bits per heavy atom.